The first-order chi connectivity index (χ1) is 14.4. The number of aromatic nitrogens is 4. The minimum absolute atomic E-state index is 0.342. The molecule has 0 spiro atoms. The molecule has 0 saturated carbocycles. The third kappa shape index (κ3) is 3.89. The first-order valence-electron chi connectivity index (χ1n) is 9.72. The summed E-state index contributed by atoms with van der Waals surface area (Å²) in [6.07, 6.45) is 0. The van der Waals surface area contributed by atoms with Gasteiger partial charge in [-0.25, -0.2) is 18.9 Å². The fourth-order valence-electron chi connectivity index (χ4n) is 3.56. The number of aryl methyl sites for hydroxylation is 3. The summed E-state index contributed by atoms with van der Waals surface area (Å²) in [6, 6.07) is 13.9. The van der Waals surface area contributed by atoms with E-state index in [-0.39, 0.29) is 0 Å². The maximum absolute atomic E-state index is 14.6. The van der Waals surface area contributed by atoms with Crippen molar-refractivity contribution in [1.82, 2.24) is 24.6 Å². The van der Waals surface area contributed by atoms with Gasteiger partial charge in [0.1, 0.15) is 11.5 Å². The minimum atomic E-state index is -0.459. The molecule has 0 aliphatic heterocycles. The molecule has 0 bridgehead atoms. The van der Waals surface area contributed by atoms with Gasteiger partial charge in [-0.1, -0.05) is 12.1 Å². The summed E-state index contributed by atoms with van der Waals surface area (Å²) in [5.41, 5.74) is 4.33. The zero-order chi connectivity index (χ0) is 21.3. The lowest BCUT2D eigenvalue weighted by molar-refractivity contribution is 0.251. The number of benzene rings is 2. The maximum Gasteiger partial charge on any atom is 0.319 e. The largest absolute Gasteiger partial charge is 0.336 e. The van der Waals surface area contributed by atoms with Gasteiger partial charge in [-0.15, -0.1) is 0 Å². The number of hydrogen-bond donors (Lipinski definition) is 2. The molecule has 0 unspecified atom stereocenters. The topological polar surface area (TPSA) is 76.8 Å². The van der Waals surface area contributed by atoms with Gasteiger partial charge in [0.15, 0.2) is 5.82 Å². The minimum Gasteiger partial charge on any atom is -0.336 e. The molecule has 8 heteroatoms. The Morgan fingerprint density at radius 1 is 1.10 bits per heavy atom. The molecule has 2 N–H and O–H groups in total. The Labute approximate surface area is 173 Å². The van der Waals surface area contributed by atoms with Crippen molar-refractivity contribution < 1.29 is 9.18 Å². The first kappa shape index (κ1) is 19.6. The highest BCUT2D eigenvalue weighted by Crippen LogP contribution is 2.20. The highest BCUT2D eigenvalue weighted by molar-refractivity contribution is 5.89. The van der Waals surface area contributed by atoms with Gasteiger partial charge in [0.2, 0.25) is 0 Å². The first-order valence-corrected chi connectivity index (χ1v) is 9.72. The molecule has 30 heavy (non-hydrogen) atoms. The number of amides is 2. The molecule has 2 heterocycles. The van der Waals surface area contributed by atoms with Crippen LogP contribution in [0.5, 0.6) is 0 Å². The SMILES string of the molecule is Cc1cc(C)n(-c2ccc(NC(=O)NCCn3c(C)nc4ccccc43)cc2F)n1. The molecule has 0 aliphatic carbocycles. The Morgan fingerprint density at radius 3 is 2.63 bits per heavy atom. The van der Waals surface area contributed by atoms with Gasteiger partial charge in [0.05, 0.1) is 16.7 Å². The fourth-order valence-corrected chi connectivity index (χ4v) is 3.56. The molecule has 0 fully saturated rings. The number of fused-ring (bicyclic) bond motifs is 1. The molecule has 0 aliphatic rings. The lowest BCUT2D eigenvalue weighted by Crippen LogP contribution is -2.31. The molecule has 2 aromatic carbocycles. The number of anilines is 1. The van der Waals surface area contributed by atoms with Gasteiger partial charge in [-0.05, 0) is 57.2 Å². The van der Waals surface area contributed by atoms with Crippen LogP contribution in [0.1, 0.15) is 17.2 Å². The Bertz CT molecular complexity index is 1230. The van der Waals surface area contributed by atoms with E-state index in [0.29, 0.717) is 24.5 Å². The van der Waals surface area contributed by atoms with Crippen LogP contribution in [0.4, 0.5) is 14.9 Å². The van der Waals surface area contributed by atoms with Crippen LogP contribution in [0.25, 0.3) is 16.7 Å². The molecule has 4 aromatic rings. The number of urea groups is 1. The van der Waals surface area contributed by atoms with Crippen LogP contribution in [0.3, 0.4) is 0 Å². The Kier molecular flexibility index (Phi) is 5.22. The molecule has 2 aromatic heterocycles. The second kappa shape index (κ2) is 7.98. The maximum atomic E-state index is 14.6. The Morgan fingerprint density at radius 2 is 1.90 bits per heavy atom. The molecular formula is C22H23FN6O. The second-order valence-electron chi connectivity index (χ2n) is 7.19. The van der Waals surface area contributed by atoms with E-state index in [1.165, 1.54) is 6.07 Å². The van der Waals surface area contributed by atoms with Crippen LogP contribution in [-0.4, -0.2) is 31.9 Å². The zero-order valence-electron chi connectivity index (χ0n) is 17.1. The van der Waals surface area contributed by atoms with Crippen molar-refractivity contribution in [3.05, 3.63) is 71.6 Å². The van der Waals surface area contributed by atoms with Gasteiger partial charge in [0.25, 0.3) is 0 Å². The molecule has 7 nitrogen and oxygen atoms in total. The van der Waals surface area contributed by atoms with Gasteiger partial charge >= 0.3 is 6.03 Å². The van der Waals surface area contributed by atoms with Crippen molar-refractivity contribution in [1.29, 1.82) is 0 Å². The summed E-state index contributed by atoms with van der Waals surface area (Å²) < 4.78 is 18.2. The van der Waals surface area contributed by atoms with Crippen LogP contribution in [0.15, 0.2) is 48.5 Å². The van der Waals surface area contributed by atoms with Gasteiger partial charge in [-0.3, -0.25) is 0 Å². The summed E-state index contributed by atoms with van der Waals surface area (Å²) in [7, 11) is 0. The number of carbonyl (C=O) groups is 1. The third-order valence-electron chi connectivity index (χ3n) is 4.91. The Hall–Kier alpha value is -3.68. The van der Waals surface area contributed by atoms with E-state index >= 15 is 0 Å². The van der Waals surface area contributed by atoms with Crippen molar-refractivity contribution in [2.45, 2.75) is 27.3 Å². The quantitative estimate of drug-likeness (QED) is 0.524. The standard InChI is InChI=1S/C22H23FN6O/c1-14-12-15(2)29(27-14)20-9-8-17(13-18(20)23)26-22(30)24-10-11-28-16(3)25-19-6-4-5-7-21(19)28/h4-9,12-13H,10-11H2,1-3H3,(H2,24,26,30). The number of halogens is 1. The zero-order valence-corrected chi connectivity index (χ0v) is 17.1. The van der Waals surface area contributed by atoms with Gasteiger partial charge < -0.3 is 15.2 Å². The summed E-state index contributed by atoms with van der Waals surface area (Å²) in [6.45, 7) is 6.66. The van der Waals surface area contributed by atoms with E-state index in [0.717, 1.165) is 28.2 Å². The van der Waals surface area contributed by atoms with Gasteiger partial charge in [0, 0.05) is 24.5 Å². The smallest absolute Gasteiger partial charge is 0.319 e. The predicted molar refractivity (Wildman–Crippen MR) is 114 cm³/mol. The highest BCUT2D eigenvalue weighted by Gasteiger charge is 2.11. The average Bonchev–Trinajstić information content (AvgIpc) is 3.20. The van der Waals surface area contributed by atoms with Crippen LogP contribution >= 0.6 is 0 Å². The number of nitrogens with zero attached hydrogens (tertiary/aromatic N) is 4. The van der Waals surface area contributed by atoms with Crippen molar-refractivity contribution in [3.63, 3.8) is 0 Å². The number of para-hydroxylation sites is 2. The normalized spacial score (nSPS) is 11.1. The molecular weight excluding hydrogens is 383 g/mol. The van der Waals surface area contributed by atoms with E-state index in [4.69, 9.17) is 0 Å². The van der Waals surface area contributed by atoms with Crippen LogP contribution < -0.4 is 10.6 Å². The molecule has 2 amide bonds. The predicted octanol–water partition coefficient (Wildman–Crippen LogP) is 4.11. The summed E-state index contributed by atoms with van der Waals surface area (Å²) >= 11 is 0. The number of nitrogens with one attached hydrogen (secondary N) is 2. The molecule has 0 saturated heterocycles. The van der Waals surface area contributed by atoms with Crippen molar-refractivity contribution >= 4 is 22.8 Å². The number of carbonyl (C=O) groups excluding carboxylic acids is 1. The van der Waals surface area contributed by atoms with E-state index in [2.05, 4.69) is 25.3 Å². The van der Waals surface area contributed by atoms with E-state index in [9.17, 15) is 9.18 Å². The van der Waals surface area contributed by atoms with Crippen molar-refractivity contribution in [2.24, 2.45) is 0 Å². The number of imidazole rings is 1. The van der Waals surface area contributed by atoms with Crippen LogP contribution in [0, 0.1) is 26.6 Å². The van der Waals surface area contributed by atoms with Crippen LogP contribution in [0.2, 0.25) is 0 Å². The number of rotatable bonds is 5. The molecule has 0 radical (unpaired) electrons. The number of hydrogen-bond acceptors (Lipinski definition) is 3. The molecule has 0 atom stereocenters. The Balaban J connectivity index is 1.38. The third-order valence-corrected chi connectivity index (χ3v) is 4.91. The second-order valence-corrected chi connectivity index (χ2v) is 7.19. The lowest BCUT2D eigenvalue weighted by Gasteiger charge is -2.11. The monoisotopic (exact) mass is 406 g/mol. The van der Waals surface area contributed by atoms with Crippen LogP contribution in [-0.2, 0) is 6.54 Å². The summed E-state index contributed by atoms with van der Waals surface area (Å²) in [5.74, 6) is 0.430. The highest BCUT2D eigenvalue weighted by atomic mass is 19.1. The summed E-state index contributed by atoms with van der Waals surface area (Å²) in [5, 5.41) is 9.76. The van der Waals surface area contributed by atoms with E-state index in [1.54, 1.807) is 16.8 Å². The molecule has 4 rings (SSSR count). The van der Waals surface area contributed by atoms with Crippen molar-refractivity contribution in [2.75, 3.05) is 11.9 Å². The average molecular weight is 406 g/mol. The van der Waals surface area contributed by atoms with Gasteiger partial charge in [-0.2, -0.15) is 5.10 Å². The lowest BCUT2D eigenvalue weighted by atomic mass is 10.2. The van der Waals surface area contributed by atoms with E-state index in [1.807, 2.05) is 51.1 Å². The molecule has 154 valence electrons. The van der Waals surface area contributed by atoms with E-state index < -0.39 is 11.8 Å². The van der Waals surface area contributed by atoms with Crippen molar-refractivity contribution in [3.8, 4) is 5.69 Å². The summed E-state index contributed by atoms with van der Waals surface area (Å²) in [4.78, 5) is 16.7. The fraction of sp³-hybridized carbons (Fsp3) is 0.227.